The van der Waals surface area contributed by atoms with E-state index in [0.29, 0.717) is 12.8 Å². The average molecular weight is 910 g/mol. The molecule has 1 heterocycles. The van der Waals surface area contributed by atoms with E-state index in [-0.39, 0.29) is 12.8 Å². The molecular formula is C53H99NO10. The van der Waals surface area contributed by atoms with Crippen LogP contribution in [0.2, 0.25) is 0 Å². The van der Waals surface area contributed by atoms with Crippen LogP contribution in [0.5, 0.6) is 0 Å². The maximum Gasteiger partial charge on any atom is 0.249 e. The van der Waals surface area contributed by atoms with Gasteiger partial charge in [-0.2, -0.15) is 0 Å². The third-order valence-electron chi connectivity index (χ3n) is 12.7. The number of aliphatic hydroxyl groups excluding tert-OH is 7. The largest absolute Gasteiger partial charge is 0.394 e. The smallest absolute Gasteiger partial charge is 0.249 e. The van der Waals surface area contributed by atoms with Crippen molar-refractivity contribution in [1.29, 1.82) is 0 Å². The maximum atomic E-state index is 13.1. The maximum absolute atomic E-state index is 13.1. The summed E-state index contributed by atoms with van der Waals surface area (Å²) in [7, 11) is 0. The van der Waals surface area contributed by atoms with E-state index in [4.69, 9.17) is 9.47 Å². The fourth-order valence-corrected chi connectivity index (χ4v) is 8.36. The van der Waals surface area contributed by atoms with Gasteiger partial charge in [-0.05, 0) is 64.2 Å². The van der Waals surface area contributed by atoms with Gasteiger partial charge in [0.15, 0.2) is 6.29 Å². The lowest BCUT2D eigenvalue weighted by atomic mass is 9.98. The van der Waals surface area contributed by atoms with Crippen LogP contribution < -0.4 is 5.32 Å². The van der Waals surface area contributed by atoms with Gasteiger partial charge in [-0.3, -0.25) is 4.79 Å². The Labute approximate surface area is 390 Å². The van der Waals surface area contributed by atoms with Crippen molar-refractivity contribution >= 4 is 5.91 Å². The minimum Gasteiger partial charge on any atom is -0.394 e. The zero-order valence-electron chi connectivity index (χ0n) is 40.8. The summed E-state index contributed by atoms with van der Waals surface area (Å²) in [6.45, 7) is 3.34. The quantitative estimate of drug-likeness (QED) is 0.0216. The first-order chi connectivity index (χ1) is 31.2. The first-order valence-corrected chi connectivity index (χ1v) is 26.4. The lowest BCUT2D eigenvalue weighted by Crippen LogP contribution is -2.60. The molecule has 9 atom stereocenters. The minimum absolute atomic E-state index is 0.253. The van der Waals surface area contributed by atoms with Crippen LogP contribution in [0.4, 0.5) is 0 Å². The standard InChI is InChI=1S/C53H99NO10/c1-3-5-7-9-11-13-15-17-19-21-22-23-25-27-29-31-33-35-37-39-41-46(57)52(62)54-44(43-63-53-51(61)50(60)49(59)47(42-55)64-53)48(58)45(56)40-38-36-34-32-30-28-26-24-20-18-16-14-12-10-8-6-4-2/h5,7,11,13,32,34,44-51,53,55-61H,3-4,6,8-10,12,14-31,33,35-43H2,1-2H3,(H,54,62)/b7-5-,13-11-,34-32+. The van der Waals surface area contributed by atoms with Gasteiger partial charge in [0.05, 0.1) is 25.4 Å². The molecule has 8 N–H and O–H groups in total. The number of aliphatic hydroxyl groups is 7. The fourth-order valence-electron chi connectivity index (χ4n) is 8.36. The van der Waals surface area contributed by atoms with Crippen molar-refractivity contribution in [3.63, 3.8) is 0 Å². The van der Waals surface area contributed by atoms with Crippen LogP contribution in [0.25, 0.3) is 0 Å². The summed E-state index contributed by atoms with van der Waals surface area (Å²) in [5.74, 6) is -0.707. The number of hydrogen-bond donors (Lipinski definition) is 8. The first-order valence-electron chi connectivity index (χ1n) is 26.4. The molecule has 1 aliphatic rings. The molecule has 11 heteroatoms. The molecule has 1 aliphatic heterocycles. The van der Waals surface area contributed by atoms with Crippen LogP contribution in [0.1, 0.15) is 226 Å². The molecule has 64 heavy (non-hydrogen) atoms. The molecule has 0 bridgehead atoms. The third-order valence-corrected chi connectivity index (χ3v) is 12.7. The Morgan fingerprint density at radius 3 is 1.52 bits per heavy atom. The zero-order valence-corrected chi connectivity index (χ0v) is 40.8. The molecule has 1 amide bonds. The minimum atomic E-state index is -1.67. The Morgan fingerprint density at radius 1 is 0.562 bits per heavy atom. The number of hydrogen-bond acceptors (Lipinski definition) is 10. The Balaban J connectivity index is 2.38. The first kappa shape index (κ1) is 60.3. The van der Waals surface area contributed by atoms with E-state index < -0.39 is 74.2 Å². The number of amides is 1. The highest BCUT2D eigenvalue weighted by Gasteiger charge is 2.44. The number of ether oxygens (including phenoxy) is 2. The van der Waals surface area contributed by atoms with Crippen LogP contribution >= 0.6 is 0 Å². The van der Waals surface area contributed by atoms with E-state index in [0.717, 1.165) is 51.4 Å². The normalized spacial score (nSPS) is 21.3. The average Bonchev–Trinajstić information content (AvgIpc) is 3.29. The van der Waals surface area contributed by atoms with Gasteiger partial charge in [0.1, 0.15) is 36.6 Å². The summed E-state index contributed by atoms with van der Waals surface area (Å²) in [6, 6.07) is -1.18. The molecule has 0 aromatic carbocycles. The highest BCUT2D eigenvalue weighted by atomic mass is 16.7. The molecule has 376 valence electrons. The molecule has 0 radical (unpaired) electrons. The molecule has 0 aliphatic carbocycles. The summed E-state index contributed by atoms with van der Waals surface area (Å²) in [5, 5.41) is 75.9. The number of carbonyl (C=O) groups excluding carboxylic acids is 1. The lowest BCUT2D eigenvalue weighted by molar-refractivity contribution is -0.303. The van der Waals surface area contributed by atoms with Crippen molar-refractivity contribution in [2.24, 2.45) is 0 Å². The number of unbranched alkanes of at least 4 members (excludes halogenated alkanes) is 26. The molecular weight excluding hydrogens is 811 g/mol. The zero-order chi connectivity index (χ0) is 46.9. The Bertz CT molecular complexity index is 1130. The van der Waals surface area contributed by atoms with Crippen LogP contribution in [-0.2, 0) is 14.3 Å². The van der Waals surface area contributed by atoms with Crippen molar-refractivity contribution in [3.8, 4) is 0 Å². The highest BCUT2D eigenvalue weighted by molar-refractivity contribution is 5.80. The predicted molar refractivity (Wildman–Crippen MR) is 261 cm³/mol. The SMILES string of the molecule is CC/C=C\C/C=C\CCCCCCCCCCCCCCCC(O)C(=O)NC(COC1OC(CO)C(O)C(O)C1O)C(O)C(O)CCC/C=C/CCCCCCCCCCCCCC. The number of rotatable bonds is 44. The molecule has 0 spiro atoms. The van der Waals surface area contributed by atoms with E-state index in [9.17, 15) is 40.5 Å². The molecule has 1 rings (SSSR count). The van der Waals surface area contributed by atoms with Crippen LogP contribution in [-0.4, -0.2) is 110 Å². The second kappa shape index (κ2) is 42.7. The van der Waals surface area contributed by atoms with Gasteiger partial charge in [-0.15, -0.1) is 0 Å². The summed E-state index contributed by atoms with van der Waals surface area (Å²) >= 11 is 0. The van der Waals surface area contributed by atoms with Crippen LogP contribution in [0.15, 0.2) is 36.5 Å². The second-order valence-corrected chi connectivity index (χ2v) is 18.6. The molecule has 0 saturated carbocycles. The lowest BCUT2D eigenvalue weighted by Gasteiger charge is -2.40. The molecule has 0 aromatic rings. The van der Waals surface area contributed by atoms with Crippen molar-refractivity contribution in [2.75, 3.05) is 13.2 Å². The number of carbonyl (C=O) groups is 1. The summed E-state index contributed by atoms with van der Waals surface area (Å²) in [4.78, 5) is 13.1. The van der Waals surface area contributed by atoms with Gasteiger partial charge in [-0.1, -0.05) is 198 Å². The van der Waals surface area contributed by atoms with E-state index in [2.05, 4.69) is 55.6 Å². The van der Waals surface area contributed by atoms with Crippen molar-refractivity contribution in [1.82, 2.24) is 5.32 Å². The molecule has 1 fully saturated rings. The molecule has 9 unspecified atom stereocenters. The van der Waals surface area contributed by atoms with E-state index in [1.807, 2.05) is 0 Å². The van der Waals surface area contributed by atoms with Gasteiger partial charge in [-0.25, -0.2) is 0 Å². The van der Waals surface area contributed by atoms with Gasteiger partial charge in [0, 0.05) is 0 Å². The van der Waals surface area contributed by atoms with Gasteiger partial charge in [0.25, 0.3) is 0 Å². The predicted octanol–water partition coefficient (Wildman–Crippen LogP) is 9.95. The third kappa shape index (κ3) is 31.3. The van der Waals surface area contributed by atoms with Crippen molar-refractivity contribution in [3.05, 3.63) is 36.5 Å². The Morgan fingerprint density at radius 2 is 1.02 bits per heavy atom. The van der Waals surface area contributed by atoms with E-state index in [1.165, 1.54) is 135 Å². The highest BCUT2D eigenvalue weighted by Crippen LogP contribution is 2.23. The topological polar surface area (TPSA) is 189 Å². The molecule has 1 saturated heterocycles. The molecule has 0 aromatic heterocycles. The van der Waals surface area contributed by atoms with Crippen LogP contribution in [0, 0.1) is 0 Å². The van der Waals surface area contributed by atoms with E-state index in [1.54, 1.807) is 0 Å². The van der Waals surface area contributed by atoms with Crippen molar-refractivity contribution in [2.45, 2.75) is 281 Å². The Hall–Kier alpha value is -1.67. The second-order valence-electron chi connectivity index (χ2n) is 18.6. The van der Waals surface area contributed by atoms with Gasteiger partial charge in [0.2, 0.25) is 5.91 Å². The van der Waals surface area contributed by atoms with E-state index >= 15 is 0 Å². The monoisotopic (exact) mass is 910 g/mol. The number of nitrogens with one attached hydrogen (secondary N) is 1. The fraction of sp³-hybridized carbons (Fsp3) is 0.868. The number of allylic oxidation sites excluding steroid dienone is 6. The Kier molecular flexibility index (Phi) is 40.2. The van der Waals surface area contributed by atoms with Gasteiger partial charge < -0.3 is 50.5 Å². The summed E-state index contributed by atoms with van der Waals surface area (Å²) in [5.41, 5.74) is 0. The summed E-state index contributed by atoms with van der Waals surface area (Å²) < 4.78 is 11.1. The summed E-state index contributed by atoms with van der Waals surface area (Å²) in [6.07, 6.45) is 39.0. The molecule has 11 nitrogen and oxygen atoms in total. The van der Waals surface area contributed by atoms with Crippen LogP contribution in [0.3, 0.4) is 0 Å². The van der Waals surface area contributed by atoms with Crippen molar-refractivity contribution < 1.29 is 50.0 Å². The van der Waals surface area contributed by atoms with Gasteiger partial charge >= 0.3 is 0 Å².